The van der Waals surface area contributed by atoms with Gasteiger partial charge in [0, 0.05) is 5.54 Å². The molecule has 1 aromatic rings. The van der Waals surface area contributed by atoms with Crippen LogP contribution in [0.15, 0.2) is 12.1 Å². The van der Waals surface area contributed by atoms with Crippen molar-refractivity contribution in [2.75, 3.05) is 0 Å². The lowest BCUT2D eigenvalue weighted by atomic mass is 10.1. The van der Waals surface area contributed by atoms with Crippen molar-refractivity contribution in [2.45, 2.75) is 31.2 Å². The van der Waals surface area contributed by atoms with Crippen LogP contribution in [-0.4, -0.2) is 10.5 Å². The lowest BCUT2D eigenvalue weighted by molar-refractivity contribution is 0.609. The first-order valence-electron chi connectivity index (χ1n) is 4.68. The molecule has 0 amide bonds. The number of pyridine rings is 1. The Morgan fingerprint density at radius 2 is 1.86 bits per heavy atom. The van der Waals surface area contributed by atoms with Gasteiger partial charge in [-0.2, -0.15) is 0 Å². The van der Waals surface area contributed by atoms with Gasteiger partial charge in [-0.25, -0.2) is 4.98 Å². The van der Waals surface area contributed by atoms with Gasteiger partial charge in [-0.3, -0.25) is 0 Å². The van der Waals surface area contributed by atoms with Crippen LogP contribution in [0.5, 0.6) is 0 Å². The zero-order valence-corrected chi connectivity index (χ0v) is 9.28. The Morgan fingerprint density at radius 1 is 1.29 bits per heavy atom. The first kappa shape index (κ1) is 10.2. The lowest BCUT2D eigenvalue weighted by Crippen LogP contribution is -2.22. The van der Waals surface area contributed by atoms with Gasteiger partial charge in [0.05, 0.1) is 0 Å². The molecule has 2 N–H and O–H groups in total. The Morgan fingerprint density at radius 3 is 2.36 bits per heavy atom. The third-order valence-electron chi connectivity index (χ3n) is 2.63. The van der Waals surface area contributed by atoms with E-state index in [0.717, 1.165) is 31.2 Å². The molecular formula is C10H12Cl2N2. The molecule has 1 fully saturated rings. The summed E-state index contributed by atoms with van der Waals surface area (Å²) >= 11 is 11.6. The highest BCUT2D eigenvalue weighted by Gasteiger charge is 2.37. The highest BCUT2D eigenvalue weighted by Crippen LogP contribution is 2.36. The Hall–Kier alpha value is -0.310. The molecule has 14 heavy (non-hydrogen) atoms. The summed E-state index contributed by atoms with van der Waals surface area (Å²) in [6.07, 6.45) is 4.21. The van der Waals surface area contributed by atoms with E-state index in [9.17, 15) is 0 Å². The van der Waals surface area contributed by atoms with Gasteiger partial charge < -0.3 is 5.73 Å². The quantitative estimate of drug-likeness (QED) is 0.812. The largest absolute Gasteiger partial charge is 0.325 e. The molecular weight excluding hydrogens is 219 g/mol. The zero-order chi connectivity index (χ0) is 10.2. The summed E-state index contributed by atoms with van der Waals surface area (Å²) < 4.78 is 0. The number of hydrogen-bond acceptors (Lipinski definition) is 2. The minimum atomic E-state index is 0.0855. The van der Waals surface area contributed by atoms with Crippen LogP contribution in [0.1, 0.15) is 24.8 Å². The van der Waals surface area contributed by atoms with E-state index >= 15 is 0 Å². The highest BCUT2D eigenvalue weighted by molar-refractivity contribution is 6.32. The van der Waals surface area contributed by atoms with E-state index in [1.165, 1.54) is 0 Å². The van der Waals surface area contributed by atoms with Gasteiger partial charge >= 0.3 is 0 Å². The van der Waals surface area contributed by atoms with Crippen molar-refractivity contribution in [2.24, 2.45) is 5.73 Å². The van der Waals surface area contributed by atoms with Crippen LogP contribution in [0.3, 0.4) is 0 Å². The number of hydrogen-bond donors (Lipinski definition) is 1. The van der Waals surface area contributed by atoms with Crippen molar-refractivity contribution in [1.29, 1.82) is 0 Å². The molecule has 0 unspecified atom stereocenters. The summed E-state index contributed by atoms with van der Waals surface area (Å²) in [7, 11) is 0. The molecule has 0 saturated heterocycles. The van der Waals surface area contributed by atoms with Crippen LogP contribution in [0.2, 0.25) is 10.3 Å². The molecule has 2 rings (SSSR count). The molecule has 1 saturated carbocycles. The van der Waals surface area contributed by atoms with E-state index < -0.39 is 0 Å². The van der Waals surface area contributed by atoms with Crippen molar-refractivity contribution in [3.05, 3.63) is 28.0 Å². The molecule has 0 aromatic carbocycles. The second kappa shape index (κ2) is 3.69. The van der Waals surface area contributed by atoms with E-state index in [1.807, 2.05) is 12.1 Å². The number of aryl methyl sites for hydroxylation is 1. The summed E-state index contributed by atoms with van der Waals surface area (Å²) in [6.45, 7) is 0. The molecule has 76 valence electrons. The molecule has 0 spiro atoms. The molecule has 0 aliphatic heterocycles. The van der Waals surface area contributed by atoms with Gasteiger partial charge in [0.1, 0.15) is 10.3 Å². The minimum Gasteiger partial charge on any atom is -0.325 e. The summed E-state index contributed by atoms with van der Waals surface area (Å²) in [4.78, 5) is 3.89. The average molecular weight is 231 g/mol. The predicted molar refractivity (Wildman–Crippen MR) is 58.7 cm³/mol. The predicted octanol–water partition coefficient (Wildman–Crippen LogP) is 2.81. The van der Waals surface area contributed by atoms with E-state index in [2.05, 4.69) is 4.98 Å². The number of nitrogens with two attached hydrogens (primary N) is 1. The number of halogens is 2. The Balaban J connectivity index is 2.01. The smallest absolute Gasteiger partial charge is 0.131 e. The fourth-order valence-corrected chi connectivity index (χ4v) is 1.97. The van der Waals surface area contributed by atoms with Gasteiger partial charge in [0.2, 0.25) is 0 Å². The van der Waals surface area contributed by atoms with Gasteiger partial charge in [0.25, 0.3) is 0 Å². The molecule has 0 radical (unpaired) electrons. The van der Waals surface area contributed by atoms with Crippen LogP contribution in [-0.2, 0) is 6.42 Å². The second-order valence-corrected chi connectivity index (χ2v) is 4.76. The molecule has 1 heterocycles. The van der Waals surface area contributed by atoms with Crippen LogP contribution in [0.4, 0.5) is 0 Å². The first-order valence-corrected chi connectivity index (χ1v) is 5.44. The van der Waals surface area contributed by atoms with Gasteiger partial charge in [-0.15, -0.1) is 0 Å². The number of aromatic nitrogens is 1. The summed E-state index contributed by atoms with van der Waals surface area (Å²) in [5, 5.41) is 0.906. The number of rotatable bonds is 3. The van der Waals surface area contributed by atoms with Gasteiger partial charge in [0.15, 0.2) is 0 Å². The van der Waals surface area contributed by atoms with Gasteiger partial charge in [-0.05, 0) is 43.4 Å². The van der Waals surface area contributed by atoms with Crippen molar-refractivity contribution in [3.8, 4) is 0 Å². The third-order valence-corrected chi connectivity index (χ3v) is 3.01. The Labute approximate surface area is 93.4 Å². The summed E-state index contributed by atoms with van der Waals surface area (Å²) in [5.41, 5.74) is 7.19. The van der Waals surface area contributed by atoms with Crippen LogP contribution in [0.25, 0.3) is 0 Å². The van der Waals surface area contributed by atoms with Crippen LogP contribution < -0.4 is 5.73 Å². The van der Waals surface area contributed by atoms with Crippen LogP contribution >= 0.6 is 23.2 Å². The molecule has 1 aliphatic rings. The third kappa shape index (κ3) is 2.59. The van der Waals surface area contributed by atoms with Crippen molar-refractivity contribution in [1.82, 2.24) is 4.98 Å². The second-order valence-electron chi connectivity index (χ2n) is 3.98. The molecule has 1 aliphatic carbocycles. The fourth-order valence-electron chi connectivity index (χ4n) is 1.46. The maximum absolute atomic E-state index is 5.99. The highest BCUT2D eigenvalue weighted by atomic mass is 35.5. The minimum absolute atomic E-state index is 0.0855. The average Bonchev–Trinajstić information content (AvgIpc) is 2.80. The van der Waals surface area contributed by atoms with E-state index in [4.69, 9.17) is 28.9 Å². The van der Waals surface area contributed by atoms with Gasteiger partial charge in [-0.1, -0.05) is 23.2 Å². The maximum Gasteiger partial charge on any atom is 0.131 e. The van der Waals surface area contributed by atoms with Crippen LogP contribution in [0, 0.1) is 0 Å². The molecule has 2 nitrogen and oxygen atoms in total. The topological polar surface area (TPSA) is 38.9 Å². The SMILES string of the molecule is NC1(CCc2cc(Cl)nc(Cl)c2)CC1. The molecule has 0 atom stereocenters. The molecule has 0 bridgehead atoms. The normalized spacial score (nSPS) is 18.2. The monoisotopic (exact) mass is 230 g/mol. The molecule has 1 aromatic heterocycles. The standard InChI is InChI=1S/C10H12Cl2N2/c11-8-5-7(6-9(12)14-8)1-2-10(13)3-4-10/h5-6H,1-4,13H2. The van der Waals surface area contributed by atoms with E-state index in [1.54, 1.807) is 0 Å². The lowest BCUT2D eigenvalue weighted by Gasteiger charge is -2.08. The van der Waals surface area contributed by atoms with E-state index in [0.29, 0.717) is 10.3 Å². The Bertz CT molecular complexity index is 328. The first-order chi connectivity index (χ1) is 6.57. The fraction of sp³-hybridized carbons (Fsp3) is 0.500. The molecule has 4 heteroatoms. The van der Waals surface area contributed by atoms with Crippen molar-refractivity contribution < 1.29 is 0 Å². The Kier molecular flexibility index (Phi) is 2.69. The zero-order valence-electron chi connectivity index (χ0n) is 7.76. The van der Waals surface area contributed by atoms with E-state index in [-0.39, 0.29) is 5.54 Å². The van der Waals surface area contributed by atoms with Crippen molar-refractivity contribution in [3.63, 3.8) is 0 Å². The summed E-state index contributed by atoms with van der Waals surface area (Å²) in [6, 6.07) is 3.69. The summed E-state index contributed by atoms with van der Waals surface area (Å²) in [5.74, 6) is 0. The number of nitrogens with zero attached hydrogens (tertiary/aromatic N) is 1. The van der Waals surface area contributed by atoms with Crippen molar-refractivity contribution >= 4 is 23.2 Å². The maximum atomic E-state index is 5.99.